The number of nitro benzene ring substituents is 2. The molecule has 10 nitrogen and oxygen atoms in total. The number of non-ortho nitro benzene ring substituents is 1. The van der Waals surface area contributed by atoms with Gasteiger partial charge in [-0.3, -0.25) is 25.7 Å². The van der Waals surface area contributed by atoms with Crippen molar-refractivity contribution in [2.24, 2.45) is 5.10 Å². The van der Waals surface area contributed by atoms with Crippen LogP contribution in [0.4, 0.5) is 17.1 Å². The molecule has 1 aromatic rings. The summed E-state index contributed by atoms with van der Waals surface area (Å²) < 4.78 is 0. The molecule has 10 heteroatoms. The number of nitrogens with zero attached hydrogens (tertiary/aromatic N) is 4. The Morgan fingerprint density at radius 3 is 2.12 bits per heavy atom. The van der Waals surface area contributed by atoms with Crippen molar-refractivity contribution in [1.29, 1.82) is 0 Å². The van der Waals surface area contributed by atoms with Crippen molar-refractivity contribution in [2.45, 2.75) is 51.6 Å². The number of nitro groups is 2. The van der Waals surface area contributed by atoms with E-state index in [1.54, 1.807) is 0 Å². The molecule has 0 spiro atoms. The predicted octanol–water partition coefficient (Wildman–Crippen LogP) is 3.27. The van der Waals surface area contributed by atoms with Gasteiger partial charge >= 0.3 is 5.69 Å². The minimum Gasteiger partial charge on any atom is -0.272 e. The third-order valence-electron chi connectivity index (χ3n) is 4.10. The molecule has 135 valence electrons. The maximum atomic E-state index is 12.3. The summed E-state index contributed by atoms with van der Waals surface area (Å²) in [4.78, 5) is 20.5. The average molecular weight is 350 g/mol. The standard InChI is InChI=1S/C15H20N5O5/c1-14(2)8-10(9-15(3,4)20(14)25)16-17-12-6-5-11(18(21)22)7-13(12)19(23)24/h5-7,17H,8-9H2,1-4H3. The molecule has 0 unspecified atom stereocenters. The second-order valence-corrected chi connectivity index (χ2v) is 7.28. The summed E-state index contributed by atoms with van der Waals surface area (Å²) in [5.41, 5.74) is 1.29. The maximum absolute atomic E-state index is 12.3. The monoisotopic (exact) mass is 350 g/mol. The van der Waals surface area contributed by atoms with Gasteiger partial charge in [0.05, 0.1) is 15.9 Å². The molecule has 0 saturated carbocycles. The van der Waals surface area contributed by atoms with Gasteiger partial charge in [-0.2, -0.15) is 5.10 Å². The summed E-state index contributed by atoms with van der Waals surface area (Å²) in [6.07, 6.45) is 0.821. The summed E-state index contributed by atoms with van der Waals surface area (Å²) in [5.74, 6) is 0. The number of anilines is 1. The van der Waals surface area contributed by atoms with Gasteiger partial charge in [-0.15, -0.1) is 10.3 Å². The number of piperidine rings is 1. The molecule has 1 N–H and O–H groups in total. The first-order chi connectivity index (χ1) is 11.4. The summed E-state index contributed by atoms with van der Waals surface area (Å²) in [6, 6.07) is 3.31. The van der Waals surface area contributed by atoms with Crippen molar-refractivity contribution in [3.8, 4) is 0 Å². The number of hydroxylamine groups is 2. The van der Waals surface area contributed by atoms with E-state index in [-0.39, 0.29) is 11.4 Å². The highest BCUT2D eigenvalue weighted by Crippen LogP contribution is 2.36. The largest absolute Gasteiger partial charge is 0.301 e. The highest BCUT2D eigenvalue weighted by molar-refractivity contribution is 5.88. The molecule has 25 heavy (non-hydrogen) atoms. The molecule has 0 atom stereocenters. The van der Waals surface area contributed by atoms with Gasteiger partial charge in [0.2, 0.25) is 0 Å². The minimum atomic E-state index is -0.705. The minimum absolute atomic E-state index is 0.0586. The molecular weight excluding hydrogens is 330 g/mol. The maximum Gasteiger partial charge on any atom is 0.301 e. The molecule has 1 aliphatic rings. The SMILES string of the molecule is CC1(C)CC(=NNc2ccc([N+](=O)[O-])cc2[N+](=O)[O-])CC(C)(C)N1[O]. The van der Waals surface area contributed by atoms with Crippen LogP contribution in [0.2, 0.25) is 0 Å². The topological polar surface area (TPSA) is 134 Å². The van der Waals surface area contributed by atoms with Gasteiger partial charge < -0.3 is 0 Å². The van der Waals surface area contributed by atoms with E-state index in [1.165, 1.54) is 12.1 Å². The fraction of sp³-hybridized carbons (Fsp3) is 0.533. The molecule has 1 aromatic carbocycles. The van der Waals surface area contributed by atoms with Crippen molar-refractivity contribution >= 4 is 22.8 Å². The third kappa shape index (κ3) is 3.91. The van der Waals surface area contributed by atoms with E-state index in [0.29, 0.717) is 18.6 Å². The zero-order valence-corrected chi connectivity index (χ0v) is 14.5. The zero-order valence-electron chi connectivity index (χ0n) is 14.5. The molecule has 1 aliphatic heterocycles. The van der Waals surface area contributed by atoms with E-state index in [0.717, 1.165) is 11.1 Å². The Kier molecular flexibility index (Phi) is 4.78. The Hall–Kier alpha value is -2.59. The summed E-state index contributed by atoms with van der Waals surface area (Å²) >= 11 is 0. The van der Waals surface area contributed by atoms with Crippen LogP contribution in [0.15, 0.2) is 23.3 Å². The van der Waals surface area contributed by atoms with Crippen molar-refractivity contribution < 1.29 is 15.1 Å². The van der Waals surface area contributed by atoms with E-state index >= 15 is 0 Å². The van der Waals surface area contributed by atoms with Gasteiger partial charge in [-0.25, -0.2) is 0 Å². The lowest BCUT2D eigenvalue weighted by molar-refractivity contribution is -0.393. The molecular formula is C15H20N5O5. The fourth-order valence-electron chi connectivity index (χ4n) is 3.12. The van der Waals surface area contributed by atoms with E-state index in [4.69, 9.17) is 0 Å². The van der Waals surface area contributed by atoms with Crippen LogP contribution in [0, 0.1) is 20.2 Å². The summed E-state index contributed by atoms with van der Waals surface area (Å²) in [5, 5.41) is 39.5. The van der Waals surface area contributed by atoms with Crippen molar-refractivity contribution in [1.82, 2.24) is 5.06 Å². The van der Waals surface area contributed by atoms with Crippen LogP contribution < -0.4 is 5.43 Å². The number of hydrogen-bond donors (Lipinski definition) is 1. The Morgan fingerprint density at radius 2 is 1.64 bits per heavy atom. The molecule has 1 saturated heterocycles. The summed E-state index contributed by atoms with van der Waals surface area (Å²) in [7, 11) is 0. The second-order valence-electron chi connectivity index (χ2n) is 7.28. The van der Waals surface area contributed by atoms with Crippen molar-refractivity contribution in [3.05, 3.63) is 38.4 Å². The lowest BCUT2D eigenvalue weighted by Crippen LogP contribution is -2.58. The van der Waals surface area contributed by atoms with E-state index in [1.807, 2.05) is 27.7 Å². The van der Waals surface area contributed by atoms with Gasteiger partial charge in [-0.05, 0) is 33.8 Å². The van der Waals surface area contributed by atoms with Crippen LogP contribution in [-0.4, -0.2) is 31.7 Å². The van der Waals surface area contributed by atoms with Crippen LogP contribution in [-0.2, 0) is 5.21 Å². The van der Waals surface area contributed by atoms with Crippen LogP contribution >= 0.6 is 0 Å². The number of rotatable bonds is 4. The number of hydrogen-bond acceptors (Lipinski definition) is 7. The van der Waals surface area contributed by atoms with Gasteiger partial charge in [0.25, 0.3) is 5.69 Å². The predicted molar refractivity (Wildman–Crippen MR) is 90.7 cm³/mol. The molecule has 1 heterocycles. The highest BCUT2D eigenvalue weighted by atomic mass is 16.6. The normalized spacial score (nSPS) is 19.3. The molecule has 1 radical (unpaired) electrons. The Balaban J connectivity index is 2.30. The van der Waals surface area contributed by atoms with Gasteiger partial charge in [-0.1, -0.05) is 0 Å². The quantitative estimate of drug-likeness (QED) is 0.654. The highest BCUT2D eigenvalue weighted by Gasteiger charge is 2.44. The van der Waals surface area contributed by atoms with Gasteiger partial charge in [0.1, 0.15) is 5.69 Å². The van der Waals surface area contributed by atoms with Crippen LogP contribution in [0.1, 0.15) is 40.5 Å². The third-order valence-corrected chi connectivity index (χ3v) is 4.10. The first-order valence-corrected chi connectivity index (χ1v) is 7.66. The molecule has 0 bridgehead atoms. The van der Waals surface area contributed by atoms with E-state index in [9.17, 15) is 25.4 Å². The molecule has 0 aromatic heterocycles. The average Bonchev–Trinajstić information content (AvgIpc) is 2.49. The molecule has 0 amide bonds. The summed E-state index contributed by atoms with van der Waals surface area (Å²) in [6.45, 7) is 7.24. The number of benzene rings is 1. The smallest absolute Gasteiger partial charge is 0.272 e. The zero-order chi connectivity index (χ0) is 19.0. The van der Waals surface area contributed by atoms with Crippen LogP contribution in [0.5, 0.6) is 0 Å². The van der Waals surface area contributed by atoms with Crippen LogP contribution in [0.25, 0.3) is 0 Å². The van der Waals surface area contributed by atoms with Gasteiger partial charge in [0, 0.05) is 35.7 Å². The van der Waals surface area contributed by atoms with E-state index in [2.05, 4.69) is 10.5 Å². The first kappa shape index (κ1) is 18.7. The van der Waals surface area contributed by atoms with Crippen molar-refractivity contribution in [2.75, 3.05) is 5.43 Å². The number of hydrazone groups is 1. The van der Waals surface area contributed by atoms with E-state index < -0.39 is 26.6 Å². The molecule has 0 aliphatic carbocycles. The molecule has 1 fully saturated rings. The lowest BCUT2D eigenvalue weighted by atomic mass is 9.81. The lowest BCUT2D eigenvalue weighted by Gasteiger charge is -2.47. The molecule has 2 rings (SSSR count). The van der Waals surface area contributed by atoms with Crippen molar-refractivity contribution in [3.63, 3.8) is 0 Å². The fourth-order valence-corrected chi connectivity index (χ4v) is 3.12. The Labute approximate surface area is 144 Å². The Bertz CT molecular complexity index is 724. The van der Waals surface area contributed by atoms with Gasteiger partial charge in [0.15, 0.2) is 0 Å². The first-order valence-electron chi connectivity index (χ1n) is 7.66. The number of nitrogens with one attached hydrogen (secondary N) is 1. The van der Waals surface area contributed by atoms with Crippen LogP contribution in [0.3, 0.4) is 0 Å². The second kappa shape index (κ2) is 6.37. The Morgan fingerprint density at radius 1 is 1.08 bits per heavy atom.